The van der Waals surface area contributed by atoms with Gasteiger partial charge in [-0.15, -0.1) is 0 Å². The summed E-state index contributed by atoms with van der Waals surface area (Å²) in [5, 5.41) is 6.32. The second-order valence-electron chi connectivity index (χ2n) is 4.94. The van der Waals surface area contributed by atoms with E-state index < -0.39 is 0 Å². The Morgan fingerprint density at radius 1 is 1.28 bits per heavy atom. The molecule has 1 fully saturated rings. The summed E-state index contributed by atoms with van der Waals surface area (Å²) in [5.41, 5.74) is -0.113. The second kappa shape index (κ2) is 5.24. The number of nitrogens with zero attached hydrogens (tertiary/aromatic N) is 3. The molecule has 1 atom stereocenters. The molecule has 0 aliphatic carbocycles. The normalized spacial score (nSPS) is 22.6. The summed E-state index contributed by atoms with van der Waals surface area (Å²) in [6.45, 7) is 4.91. The summed E-state index contributed by atoms with van der Waals surface area (Å²) in [4.78, 5) is 12.2. The van der Waals surface area contributed by atoms with Crippen molar-refractivity contribution in [3.63, 3.8) is 0 Å². The molecule has 100 valence electrons. The van der Waals surface area contributed by atoms with Crippen molar-refractivity contribution in [2.75, 3.05) is 24.3 Å². The van der Waals surface area contributed by atoms with Crippen LogP contribution in [0.2, 0.25) is 5.28 Å². The van der Waals surface area contributed by atoms with Gasteiger partial charge in [-0.1, -0.05) is 0 Å². The lowest BCUT2D eigenvalue weighted by Gasteiger charge is -2.35. The van der Waals surface area contributed by atoms with Crippen LogP contribution in [0.25, 0.3) is 0 Å². The van der Waals surface area contributed by atoms with Gasteiger partial charge in [-0.3, -0.25) is 0 Å². The fraction of sp³-hybridized carbons (Fsp3) is 0.727. The molecule has 0 aromatic carbocycles. The summed E-state index contributed by atoms with van der Waals surface area (Å²) in [7, 11) is 1.74. The molecule has 1 aliphatic heterocycles. The smallest absolute Gasteiger partial charge is 0.229 e. The first-order valence-electron chi connectivity index (χ1n) is 5.98. The summed E-state index contributed by atoms with van der Waals surface area (Å²) < 4.78 is 5.67. The van der Waals surface area contributed by atoms with E-state index in [9.17, 15) is 0 Å². The number of anilines is 2. The predicted molar refractivity (Wildman–Crippen MR) is 71.1 cm³/mol. The molecule has 2 rings (SSSR count). The third-order valence-corrected chi connectivity index (χ3v) is 3.03. The molecule has 0 saturated carbocycles. The minimum absolute atomic E-state index is 0.113. The van der Waals surface area contributed by atoms with E-state index in [1.807, 2.05) is 0 Å². The van der Waals surface area contributed by atoms with E-state index in [2.05, 4.69) is 39.4 Å². The van der Waals surface area contributed by atoms with Crippen molar-refractivity contribution in [2.24, 2.45) is 0 Å². The molecule has 0 radical (unpaired) electrons. The highest BCUT2D eigenvalue weighted by Gasteiger charge is 2.29. The number of ether oxygens (including phenoxy) is 1. The molecule has 0 bridgehead atoms. The Labute approximate surface area is 112 Å². The van der Waals surface area contributed by atoms with Crippen molar-refractivity contribution in [1.29, 1.82) is 0 Å². The maximum atomic E-state index is 5.84. The van der Waals surface area contributed by atoms with E-state index in [0.717, 1.165) is 19.4 Å². The van der Waals surface area contributed by atoms with Crippen LogP contribution >= 0.6 is 11.6 Å². The van der Waals surface area contributed by atoms with E-state index in [1.165, 1.54) is 0 Å². The van der Waals surface area contributed by atoms with E-state index >= 15 is 0 Å². The Bertz CT molecular complexity index is 426. The van der Waals surface area contributed by atoms with Gasteiger partial charge in [0.2, 0.25) is 17.2 Å². The number of nitrogens with one attached hydrogen (secondary N) is 2. The lowest BCUT2D eigenvalue weighted by Crippen LogP contribution is -2.40. The molecule has 7 heteroatoms. The number of hydrogen-bond donors (Lipinski definition) is 2. The van der Waals surface area contributed by atoms with Crippen LogP contribution in [-0.2, 0) is 4.74 Å². The second-order valence-corrected chi connectivity index (χ2v) is 5.28. The summed E-state index contributed by atoms with van der Waals surface area (Å²) in [6, 6.07) is 0.289. The third-order valence-electron chi connectivity index (χ3n) is 2.86. The van der Waals surface area contributed by atoms with Crippen LogP contribution in [0, 0.1) is 0 Å². The fourth-order valence-electron chi connectivity index (χ4n) is 2.06. The van der Waals surface area contributed by atoms with Gasteiger partial charge in [-0.05, 0) is 38.3 Å². The van der Waals surface area contributed by atoms with Gasteiger partial charge in [0.1, 0.15) is 0 Å². The Balaban J connectivity index is 2.07. The molecule has 1 unspecified atom stereocenters. The van der Waals surface area contributed by atoms with E-state index in [-0.39, 0.29) is 16.9 Å². The molecule has 18 heavy (non-hydrogen) atoms. The van der Waals surface area contributed by atoms with Gasteiger partial charge in [0.25, 0.3) is 0 Å². The first-order chi connectivity index (χ1) is 8.48. The van der Waals surface area contributed by atoms with Crippen molar-refractivity contribution in [2.45, 2.75) is 38.3 Å². The van der Waals surface area contributed by atoms with Crippen LogP contribution in [0.3, 0.4) is 0 Å². The molecular weight excluding hydrogens is 254 g/mol. The lowest BCUT2D eigenvalue weighted by molar-refractivity contribution is -0.0553. The standard InChI is InChI=1S/C11H18ClN5O/c1-11(2)6-7(4-5-18-11)14-10-16-8(12)15-9(13-3)17-10/h7H,4-6H2,1-3H3,(H2,13,14,15,16,17). The van der Waals surface area contributed by atoms with E-state index in [0.29, 0.717) is 11.9 Å². The van der Waals surface area contributed by atoms with Crippen molar-refractivity contribution in [1.82, 2.24) is 15.0 Å². The van der Waals surface area contributed by atoms with E-state index in [1.54, 1.807) is 7.05 Å². The van der Waals surface area contributed by atoms with Gasteiger partial charge >= 0.3 is 0 Å². The molecule has 1 aromatic rings. The average Bonchev–Trinajstić information content (AvgIpc) is 2.26. The molecule has 0 spiro atoms. The minimum Gasteiger partial charge on any atom is -0.375 e. The fourth-order valence-corrected chi connectivity index (χ4v) is 2.22. The van der Waals surface area contributed by atoms with Crippen LogP contribution < -0.4 is 10.6 Å². The van der Waals surface area contributed by atoms with Gasteiger partial charge in [0.15, 0.2) is 0 Å². The molecule has 2 N–H and O–H groups in total. The largest absolute Gasteiger partial charge is 0.375 e. The maximum absolute atomic E-state index is 5.84. The summed E-state index contributed by atoms with van der Waals surface area (Å²) >= 11 is 5.84. The summed E-state index contributed by atoms with van der Waals surface area (Å²) in [5.74, 6) is 0.964. The van der Waals surface area contributed by atoms with Crippen molar-refractivity contribution in [3.05, 3.63) is 5.28 Å². The van der Waals surface area contributed by atoms with Crippen LogP contribution in [0.15, 0.2) is 0 Å². The Morgan fingerprint density at radius 3 is 2.67 bits per heavy atom. The maximum Gasteiger partial charge on any atom is 0.229 e. The predicted octanol–water partition coefficient (Wildman–Crippen LogP) is 1.94. The van der Waals surface area contributed by atoms with Gasteiger partial charge in [0, 0.05) is 19.7 Å². The zero-order valence-corrected chi connectivity index (χ0v) is 11.6. The molecule has 1 saturated heterocycles. The van der Waals surface area contributed by atoms with Crippen LogP contribution in [0.4, 0.5) is 11.9 Å². The first-order valence-corrected chi connectivity index (χ1v) is 6.36. The van der Waals surface area contributed by atoms with Gasteiger partial charge < -0.3 is 15.4 Å². The molecule has 1 aromatic heterocycles. The minimum atomic E-state index is -0.113. The topological polar surface area (TPSA) is 72.0 Å². The van der Waals surface area contributed by atoms with Gasteiger partial charge in [-0.25, -0.2) is 0 Å². The van der Waals surface area contributed by atoms with Crippen molar-refractivity contribution in [3.8, 4) is 0 Å². The number of hydrogen-bond acceptors (Lipinski definition) is 6. The third kappa shape index (κ3) is 3.43. The summed E-state index contributed by atoms with van der Waals surface area (Å²) in [6.07, 6.45) is 1.84. The lowest BCUT2D eigenvalue weighted by atomic mass is 9.94. The molecule has 0 amide bonds. The highest BCUT2D eigenvalue weighted by Crippen LogP contribution is 2.25. The van der Waals surface area contributed by atoms with Crippen molar-refractivity contribution < 1.29 is 4.74 Å². The molecule has 1 aliphatic rings. The molecular formula is C11H18ClN5O. The SMILES string of the molecule is CNc1nc(Cl)nc(NC2CCOC(C)(C)C2)n1. The Morgan fingerprint density at radius 2 is 2.00 bits per heavy atom. The van der Waals surface area contributed by atoms with Crippen LogP contribution in [0.5, 0.6) is 0 Å². The Kier molecular flexibility index (Phi) is 3.87. The Hall–Kier alpha value is -1.14. The van der Waals surface area contributed by atoms with Crippen molar-refractivity contribution >= 4 is 23.5 Å². The van der Waals surface area contributed by atoms with Gasteiger partial charge in [-0.2, -0.15) is 15.0 Å². The van der Waals surface area contributed by atoms with E-state index in [4.69, 9.17) is 16.3 Å². The average molecular weight is 272 g/mol. The highest BCUT2D eigenvalue weighted by molar-refractivity contribution is 6.28. The zero-order valence-electron chi connectivity index (χ0n) is 10.8. The monoisotopic (exact) mass is 271 g/mol. The number of rotatable bonds is 3. The van der Waals surface area contributed by atoms with Crippen LogP contribution in [0.1, 0.15) is 26.7 Å². The van der Waals surface area contributed by atoms with Gasteiger partial charge in [0.05, 0.1) is 5.60 Å². The molecule has 6 nitrogen and oxygen atoms in total. The number of halogens is 1. The number of aromatic nitrogens is 3. The highest BCUT2D eigenvalue weighted by atomic mass is 35.5. The zero-order chi connectivity index (χ0) is 13.2. The van der Waals surface area contributed by atoms with Crippen LogP contribution in [-0.4, -0.2) is 40.2 Å². The first kappa shape index (κ1) is 13.3. The molecule has 2 heterocycles. The quantitative estimate of drug-likeness (QED) is 0.875.